The van der Waals surface area contributed by atoms with Gasteiger partial charge in [0.25, 0.3) is 11.6 Å². The Bertz CT molecular complexity index is 199. The summed E-state index contributed by atoms with van der Waals surface area (Å²) >= 11 is 0. The molecule has 0 aromatic heterocycles. The van der Waals surface area contributed by atoms with Crippen LogP contribution in [0.5, 0.6) is 0 Å². The summed E-state index contributed by atoms with van der Waals surface area (Å²) in [4.78, 5) is 19.5. The summed E-state index contributed by atoms with van der Waals surface area (Å²) in [5.74, 6) is -14.2. The largest absolute Gasteiger partial charge is 1.00 e. The maximum Gasteiger partial charge on any atom is 1.00 e. The Morgan fingerprint density at radius 2 is 0.929 bits per heavy atom. The van der Waals surface area contributed by atoms with Crippen LogP contribution in [0.2, 0.25) is 0 Å². The minimum absolute atomic E-state index is 0. The predicted octanol–water partition coefficient (Wildman–Crippen LogP) is -12.1. The van der Waals surface area contributed by atoms with Gasteiger partial charge in [-0.2, -0.15) is 0 Å². The Hall–Kier alpha value is -0.0252. The van der Waals surface area contributed by atoms with Crippen molar-refractivity contribution in [2.75, 3.05) is 0 Å². The number of carbonyl (C=O) groups excluding carboxylic acids is 2. The number of hydrogen-bond acceptors (Lipinski definition) is 8. The van der Waals surface area contributed by atoms with Crippen molar-refractivity contribution < 1.29 is 77.9 Å². The molecule has 0 saturated carbocycles. The molecule has 0 amide bonds. The van der Waals surface area contributed by atoms with Crippen LogP contribution in [0.15, 0.2) is 0 Å². The monoisotopic (exact) mass is 194 g/mol. The van der Waals surface area contributed by atoms with Crippen molar-refractivity contribution in [2.45, 2.75) is 11.6 Å². The zero-order valence-electron chi connectivity index (χ0n) is 7.42. The molecule has 0 aromatic carbocycles. The van der Waals surface area contributed by atoms with Gasteiger partial charge in [0.05, 0.1) is 0 Å². The van der Waals surface area contributed by atoms with E-state index in [9.17, 15) is 19.8 Å². The molecule has 0 bridgehead atoms. The molecule has 0 heterocycles. The van der Waals surface area contributed by atoms with Gasteiger partial charge >= 0.3 is 37.7 Å². The van der Waals surface area contributed by atoms with E-state index in [4.69, 9.17) is 20.4 Å². The zero-order valence-corrected chi connectivity index (χ0v) is 7.42. The molecular formula is C4H4Li2O8. The SMILES string of the molecule is O=C([O-])C(O)(O)C(O)(O)C(=O)[O-].[Li+].[Li+]. The summed E-state index contributed by atoms with van der Waals surface area (Å²) in [6.45, 7) is 0. The number of hydrogen-bond donors (Lipinski definition) is 4. The van der Waals surface area contributed by atoms with Crippen LogP contribution in [0.1, 0.15) is 0 Å². The third-order valence-electron chi connectivity index (χ3n) is 1.06. The maximum atomic E-state index is 9.75. The first kappa shape index (κ1) is 19.5. The molecule has 0 aromatic rings. The van der Waals surface area contributed by atoms with E-state index in [0.29, 0.717) is 0 Å². The molecule has 0 fully saturated rings. The summed E-state index contributed by atoms with van der Waals surface area (Å²) in [6, 6.07) is 0. The average Bonchev–Trinajstić information content (AvgIpc) is 1.86. The molecule has 0 rings (SSSR count). The van der Waals surface area contributed by atoms with Gasteiger partial charge < -0.3 is 40.2 Å². The van der Waals surface area contributed by atoms with E-state index in [0.717, 1.165) is 0 Å². The van der Waals surface area contributed by atoms with E-state index in [1.807, 2.05) is 0 Å². The number of carboxylic acids is 2. The van der Waals surface area contributed by atoms with Crippen LogP contribution in [0, 0.1) is 0 Å². The second kappa shape index (κ2) is 5.76. The van der Waals surface area contributed by atoms with Crippen molar-refractivity contribution in [3.05, 3.63) is 0 Å². The van der Waals surface area contributed by atoms with Gasteiger partial charge in [0.2, 0.25) is 0 Å². The fraction of sp³-hybridized carbons (Fsp3) is 0.500. The van der Waals surface area contributed by atoms with E-state index in [1.54, 1.807) is 0 Å². The first-order valence-electron chi connectivity index (χ1n) is 2.46. The zero-order chi connectivity index (χ0) is 10.2. The summed E-state index contributed by atoms with van der Waals surface area (Å²) in [7, 11) is 0. The Morgan fingerprint density at radius 3 is 1.00 bits per heavy atom. The molecule has 0 aliphatic heterocycles. The Morgan fingerprint density at radius 1 is 0.786 bits per heavy atom. The number of carbonyl (C=O) groups is 2. The van der Waals surface area contributed by atoms with Gasteiger partial charge in [-0.05, 0) is 0 Å². The van der Waals surface area contributed by atoms with Crippen molar-refractivity contribution in [1.82, 2.24) is 0 Å². The molecule has 0 saturated heterocycles. The number of aliphatic carboxylic acids is 2. The number of carboxylic acid groups (broad SMARTS) is 2. The summed E-state index contributed by atoms with van der Waals surface area (Å²) in [6.07, 6.45) is 0. The number of aliphatic hydroxyl groups is 4. The van der Waals surface area contributed by atoms with E-state index >= 15 is 0 Å². The van der Waals surface area contributed by atoms with Crippen LogP contribution in [0.4, 0.5) is 0 Å². The van der Waals surface area contributed by atoms with Gasteiger partial charge in [-0.15, -0.1) is 0 Å². The minimum atomic E-state index is -4.33. The van der Waals surface area contributed by atoms with Gasteiger partial charge in [-0.25, -0.2) is 0 Å². The standard InChI is InChI=1S/C4H6O8.2Li/c5-1(6)3(9,10)4(11,12)2(7)8;;/h9-12H,(H,5,6)(H,7,8);;/q;2*+1/p-2. The van der Waals surface area contributed by atoms with E-state index in [1.165, 1.54) is 0 Å². The third kappa shape index (κ3) is 3.28. The van der Waals surface area contributed by atoms with Crippen molar-refractivity contribution in [2.24, 2.45) is 0 Å². The van der Waals surface area contributed by atoms with E-state index < -0.39 is 23.5 Å². The van der Waals surface area contributed by atoms with Crippen LogP contribution in [0.3, 0.4) is 0 Å². The quantitative estimate of drug-likeness (QED) is 0.254. The van der Waals surface area contributed by atoms with Crippen LogP contribution < -0.4 is 47.9 Å². The summed E-state index contributed by atoms with van der Waals surface area (Å²) in [5, 5.41) is 52.6. The van der Waals surface area contributed by atoms with Crippen LogP contribution >= 0.6 is 0 Å². The predicted molar refractivity (Wildman–Crippen MR) is 24.4 cm³/mol. The molecule has 0 unspecified atom stereocenters. The Labute approximate surface area is 102 Å². The molecule has 0 aliphatic carbocycles. The van der Waals surface area contributed by atoms with Gasteiger partial charge in [0.1, 0.15) is 11.9 Å². The number of rotatable bonds is 3. The normalized spacial score (nSPS) is 10.9. The third-order valence-corrected chi connectivity index (χ3v) is 1.06. The van der Waals surface area contributed by atoms with Gasteiger partial charge in [-0.1, -0.05) is 0 Å². The van der Waals surface area contributed by atoms with Crippen molar-refractivity contribution >= 4 is 11.9 Å². The first-order valence-corrected chi connectivity index (χ1v) is 2.46. The van der Waals surface area contributed by atoms with Gasteiger partial charge in [-0.3, -0.25) is 0 Å². The molecule has 0 spiro atoms. The fourth-order valence-electron chi connectivity index (χ4n) is 0.285. The van der Waals surface area contributed by atoms with Crippen LogP contribution in [-0.4, -0.2) is 43.9 Å². The molecule has 8 nitrogen and oxygen atoms in total. The average molecular weight is 194 g/mol. The molecule has 0 aliphatic rings. The molecule has 14 heavy (non-hydrogen) atoms. The summed E-state index contributed by atoms with van der Waals surface area (Å²) in [5.41, 5.74) is 0. The van der Waals surface area contributed by atoms with Crippen molar-refractivity contribution in [3.63, 3.8) is 0 Å². The Balaban J connectivity index is -0.000000605. The smallest absolute Gasteiger partial charge is 0.544 e. The molecule has 4 N–H and O–H groups in total. The van der Waals surface area contributed by atoms with Gasteiger partial charge in [0.15, 0.2) is 0 Å². The maximum absolute atomic E-state index is 9.75. The molecule has 70 valence electrons. The second-order valence-corrected chi connectivity index (χ2v) is 1.92. The molecular weight excluding hydrogens is 190 g/mol. The van der Waals surface area contributed by atoms with Gasteiger partial charge in [0, 0.05) is 0 Å². The molecule has 0 radical (unpaired) electrons. The van der Waals surface area contributed by atoms with Crippen LogP contribution in [-0.2, 0) is 9.59 Å². The van der Waals surface area contributed by atoms with E-state index in [2.05, 4.69) is 0 Å². The topological polar surface area (TPSA) is 161 Å². The first-order chi connectivity index (χ1) is 5.14. The Kier molecular flexibility index (Phi) is 8.03. The van der Waals surface area contributed by atoms with Crippen LogP contribution in [0.25, 0.3) is 0 Å². The minimum Gasteiger partial charge on any atom is -0.544 e. The van der Waals surface area contributed by atoms with Crippen molar-refractivity contribution in [3.8, 4) is 0 Å². The fourth-order valence-corrected chi connectivity index (χ4v) is 0.285. The summed E-state index contributed by atoms with van der Waals surface area (Å²) < 4.78 is 0. The van der Waals surface area contributed by atoms with E-state index in [-0.39, 0.29) is 37.7 Å². The molecule has 0 atom stereocenters. The second-order valence-electron chi connectivity index (χ2n) is 1.92. The molecule has 10 heteroatoms. The van der Waals surface area contributed by atoms with Crippen molar-refractivity contribution in [1.29, 1.82) is 0 Å².